The average Bonchev–Trinajstić information content (AvgIpc) is 2.98. The van der Waals surface area contributed by atoms with Crippen LogP contribution in [-0.2, 0) is 14.4 Å². The van der Waals surface area contributed by atoms with E-state index in [0.717, 1.165) is 57.3 Å². The Kier molecular flexibility index (Phi) is 5.83. The number of carbonyl (C=O) groups is 3. The number of halogens is 1. The number of likely N-dealkylation sites (tertiary alicyclic amines) is 1. The standard InChI is InChI=1S/C22H28FN3O3/c23-15-8-9-19(25-11-4-1-5-12-25)18(14-15)24-20(27)10-13-26-21(28)16-6-2-3-7-17(16)22(26)29/h8-9,14,16-17H,1-7,10-13H2,(H,24,27). The van der Waals surface area contributed by atoms with Crippen LogP contribution in [0.3, 0.4) is 0 Å². The van der Waals surface area contributed by atoms with Crippen molar-refractivity contribution in [3.8, 4) is 0 Å². The highest BCUT2D eigenvalue weighted by molar-refractivity contribution is 6.05. The van der Waals surface area contributed by atoms with E-state index in [1.165, 1.54) is 23.5 Å². The summed E-state index contributed by atoms with van der Waals surface area (Å²) in [6.45, 7) is 1.85. The highest BCUT2D eigenvalue weighted by Crippen LogP contribution is 2.38. The minimum Gasteiger partial charge on any atom is -0.370 e. The molecule has 1 aromatic carbocycles. The molecule has 6 nitrogen and oxygen atoms in total. The Bertz CT molecular complexity index is 782. The van der Waals surface area contributed by atoms with Crippen molar-refractivity contribution >= 4 is 29.1 Å². The van der Waals surface area contributed by atoms with Crippen LogP contribution in [0.2, 0.25) is 0 Å². The zero-order valence-corrected chi connectivity index (χ0v) is 16.7. The van der Waals surface area contributed by atoms with E-state index < -0.39 is 5.82 Å². The van der Waals surface area contributed by atoms with Gasteiger partial charge in [-0.25, -0.2) is 4.39 Å². The maximum Gasteiger partial charge on any atom is 0.233 e. The van der Waals surface area contributed by atoms with Crippen LogP contribution in [0.1, 0.15) is 51.4 Å². The molecule has 2 aliphatic heterocycles. The Morgan fingerprint density at radius 1 is 1.00 bits per heavy atom. The summed E-state index contributed by atoms with van der Waals surface area (Å²) in [6, 6.07) is 4.44. The SMILES string of the molecule is O=C(CCN1C(=O)C2CCCCC2C1=O)Nc1cc(F)ccc1N1CCCCC1. The molecular weight excluding hydrogens is 373 g/mol. The number of nitrogens with zero attached hydrogens (tertiary/aromatic N) is 2. The molecule has 7 heteroatoms. The Labute approximate surface area is 170 Å². The summed E-state index contributed by atoms with van der Waals surface area (Å²) in [4.78, 5) is 41.1. The molecule has 0 spiro atoms. The molecule has 2 atom stereocenters. The average molecular weight is 401 g/mol. The lowest BCUT2D eigenvalue weighted by Crippen LogP contribution is -2.34. The van der Waals surface area contributed by atoms with Gasteiger partial charge in [0.1, 0.15) is 5.82 Å². The van der Waals surface area contributed by atoms with Crippen LogP contribution in [0, 0.1) is 17.7 Å². The largest absolute Gasteiger partial charge is 0.370 e. The second-order valence-corrected chi connectivity index (χ2v) is 8.33. The number of anilines is 2. The molecule has 156 valence electrons. The van der Waals surface area contributed by atoms with Gasteiger partial charge >= 0.3 is 0 Å². The van der Waals surface area contributed by atoms with Crippen molar-refractivity contribution in [1.29, 1.82) is 0 Å². The first-order valence-corrected chi connectivity index (χ1v) is 10.7. The summed E-state index contributed by atoms with van der Waals surface area (Å²) in [5.74, 6) is -1.39. The lowest BCUT2D eigenvalue weighted by atomic mass is 9.81. The van der Waals surface area contributed by atoms with E-state index in [4.69, 9.17) is 0 Å². The first kappa shape index (κ1) is 19.9. The zero-order chi connectivity index (χ0) is 20.4. The third-order valence-electron chi connectivity index (χ3n) is 6.42. The molecule has 0 radical (unpaired) electrons. The van der Waals surface area contributed by atoms with Gasteiger partial charge < -0.3 is 10.2 Å². The van der Waals surface area contributed by atoms with E-state index in [0.29, 0.717) is 5.69 Å². The van der Waals surface area contributed by atoms with Crippen LogP contribution >= 0.6 is 0 Å². The molecule has 4 rings (SSSR count). The van der Waals surface area contributed by atoms with Gasteiger partial charge in [-0.2, -0.15) is 0 Å². The van der Waals surface area contributed by atoms with Crippen LogP contribution < -0.4 is 10.2 Å². The van der Waals surface area contributed by atoms with Gasteiger partial charge in [-0.1, -0.05) is 12.8 Å². The normalized spacial score (nSPS) is 24.6. The molecule has 29 heavy (non-hydrogen) atoms. The number of hydrogen-bond donors (Lipinski definition) is 1. The fourth-order valence-electron chi connectivity index (χ4n) is 4.90. The van der Waals surface area contributed by atoms with Crippen LogP contribution in [0.25, 0.3) is 0 Å². The van der Waals surface area contributed by atoms with Crippen LogP contribution in [-0.4, -0.2) is 42.3 Å². The molecule has 3 amide bonds. The number of amides is 3. The highest BCUT2D eigenvalue weighted by atomic mass is 19.1. The van der Waals surface area contributed by atoms with Crippen LogP contribution in [0.15, 0.2) is 18.2 Å². The van der Waals surface area contributed by atoms with E-state index in [9.17, 15) is 18.8 Å². The summed E-state index contributed by atoms with van der Waals surface area (Å²) < 4.78 is 13.8. The molecule has 1 saturated carbocycles. The number of imide groups is 1. The van der Waals surface area contributed by atoms with Crippen molar-refractivity contribution in [2.45, 2.75) is 51.4 Å². The van der Waals surface area contributed by atoms with Gasteiger partial charge in [0, 0.05) is 26.1 Å². The molecule has 3 aliphatic rings. The summed E-state index contributed by atoms with van der Waals surface area (Å²) >= 11 is 0. The number of benzene rings is 1. The Balaban J connectivity index is 1.39. The summed E-state index contributed by atoms with van der Waals surface area (Å²) in [7, 11) is 0. The van der Waals surface area contributed by atoms with E-state index in [2.05, 4.69) is 10.2 Å². The van der Waals surface area contributed by atoms with Crippen molar-refractivity contribution in [2.75, 3.05) is 29.9 Å². The van der Waals surface area contributed by atoms with Gasteiger partial charge in [0.25, 0.3) is 0 Å². The minimum absolute atomic E-state index is 0.0207. The van der Waals surface area contributed by atoms with Crippen molar-refractivity contribution < 1.29 is 18.8 Å². The van der Waals surface area contributed by atoms with E-state index in [1.807, 2.05) is 0 Å². The number of piperidine rings is 1. The Morgan fingerprint density at radius 3 is 2.31 bits per heavy atom. The third kappa shape index (κ3) is 4.14. The van der Waals surface area contributed by atoms with E-state index in [1.54, 1.807) is 6.07 Å². The third-order valence-corrected chi connectivity index (χ3v) is 6.42. The fourth-order valence-corrected chi connectivity index (χ4v) is 4.90. The molecule has 1 aromatic rings. The number of hydrogen-bond acceptors (Lipinski definition) is 4. The van der Waals surface area contributed by atoms with Crippen molar-refractivity contribution in [3.63, 3.8) is 0 Å². The zero-order valence-electron chi connectivity index (χ0n) is 16.7. The van der Waals surface area contributed by atoms with E-state index in [-0.39, 0.29) is 42.5 Å². The predicted molar refractivity (Wildman–Crippen MR) is 108 cm³/mol. The second-order valence-electron chi connectivity index (χ2n) is 8.33. The maximum absolute atomic E-state index is 13.8. The van der Waals surface area contributed by atoms with Crippen molar-refractivity contribution in [3.05, 3.63) is 24.0 Å². The van der Waals surface area contributed by atoms with Crippen LogP contribution in [0.4, 0.5) is 15.8 Å². The first-order valence-electron chi connectivity index (χ1n) is 10.7. The number of carbonyl (C=O) groups excluding carboxylic acids is 3. The minimum atomic E-state index is -0.407. The lowest BCUT2D eigenvalue weighted by molar-refractivity contribution is -0.140. The van der Waals surface area contributed by atoms with Gasteiger partial charge in [-0.15, -0.1) is 0 Å². The highest BCUT2D eigenvalue weighted by Gasteiger charge is 2.47. The first-order chi connectivity index (χ1) is 14.0. The van der Waals surface area contributed by atoms with Gasteiger partial charge in [0.15, 0.2) is 0 Å². The molecule has 1 aliphatic carbocycles. The molecule has 2 heterocycles. The quantitative estimate of drug-likeness (QED) is 0.769. The summed E-state index contributed by atoms with van der Waals surface area (Å²) in [6.07, 6.45) is 6.84. The second kappa shape index (κ2) is 8.51. The van der Waals surface area contributed by atoms with Crippen LogP contribution in [0.5, 0.6) is 0 Å². The van der Waals surface area contributed by atoms with E-state index >= 15 is 0 Å². The predicted octanol–water partition coefficient (Wildman–Crippen LogP) is 3.32. The monoisotopic (exact) mass is 401 g/mol. The number of fused-ring (bicyclic) bond motifs is 1. The number of rotatable bonds is 5. The topological polar surface area (TPSA) is 69.7 Å². The number of nitrogens with one attached hydrogen (secondary N) is 1. The molecule has 2 saturated heterocycles. The van der Waals surface area contributed by atoms with Crippen molar-refractivity contribution in [2.24, 2.45) is 11.8 Å². The van der Waals surface area contributed by atoms with Gasteiger partial charge in [-0.3, -0.25) is 19.3 Å². The molecule has 0 bridgehead atoms. The molecule has 3 fully saturated rings. The summed E-state index contributed by atoms with van der Waals surface area (Å²) in [5.41, 5.74) is 1.27. The Morgan fingerprint density at radius 2 is 1.66 bits per heavy atom. The van der Waals surface area contributed by atoms with Gasteiger partial charge in [0.05, 0.1) is 23.2 Å². The van der Waals surface area contributed by atoms with Gasteiger partial charge in [0.2, 0.25) is 17.7 Å². The smallest absolute Gasteiger partial charge is 0.233 e. The summed E-state index contributed by atoms with van der Waals surface area (Å²) in [5, 5.41) is 2.80. The molecule has 2 unspecified atom stereocenters. The van der Waals surface area contributed by atoms with Crippen molar-refractivity contribution in [1.82, 2.24) is 4.90 Å². The Hall–Kier alpha value is -2.44. The lowest BCUT2D eigenvalue weighted by Gasteiger charge is -2.30. The maximum atomic E-state index is 13.8. The van der Waals surface area contributed by atoms with Gasteiger partial charge in [-0.05, 0) is 50.3 Å². The molecular formula is C22H28FN3O3. The molecule has 1 N–H and O–H groups in total. The fraction of sp³-hybridized carbons (Fsp3) is 0.591. The molecule has 0 aromatic heterocycles.